The largest absolute Gasteiger partial charge is 0.417 e. The van der Waals surface area contributed by atoms with Crippen LogP contribution >= 0.6 is 34.8 Å². The molecule has 2 aromatic rings. The van der Waals surface area contributed by atoms with E-state index in [0.29, 0.717) is 0 Å². The van der Waals surface area contributed by atoms with Crippen molar-refractivity contribution >= 4 is 34.8 Å². The van der Waals surface area contributed by atoms with E-state index in [1.54, 1.807) is 6.07 Å². The fourth-order valence-electron chi connectivity index (χ4n) is 1.72. The third-order valence-electron chi connectivity index (χ3n) is 2.52. The van der Waals surface area contributed by atoms with Crippen molar-refractivity contribution in [2.75, 3.05) is 0 Å². The summed E-state index contributed by atoms with van der Waals surface area (Å²) < 4.78 is 39.1. The molecule has 0 saturated carbocycles. The van der Waals surface area contributed by atoms with Crippen molar-refractivity contribution in [3.8, 4) is 11.1 Å². The van der Waals surface area contributed by atoms with Gasteiger partial charge in [-0.15, -0.1) is 0 Å². The van der Waals surface area contributed by atoms with E-state index in [2.05, 4.69) is 0 Å². The summed E-state index contributed by atoms with van der Waals surface area (Å²) in [5.41, 5.74) is -0.808. The number of hydrogen-bond donors (Lipinski definition) is 0. The quantitative estimate of drug-likeness (QED) is 0.574. The number of hydrogen-bond acceptors (Lipinski definition) is 0. The minimum Gasteiger partial charge on any atom is -0.166 e. The molecule has 6 heteroatoms. The molecule has 0 radical (unpaired) electrons. The fraction of sp³-hybridized carbons (Fsp3) is 0.0769. The summed E-state index contributed by atoms with van der Waals surface area (Å²) in [4.78, 5) is 0. The molecule has 0 atom stereocenters. The Labute approximate surface area is 122 Å². The van der Waals surface area contributed by atoms with Crippen LogP contribution in [0.15, 0.2) is 36.4 Å². The molecule has 0 amide bonds. The van der Waals surface area contributed by atoms with Gasteiger partial charge in [0.1, 0.15) is 0 Å². The first-order valence-corrected chi connectivity index (χ1v) is 6.25. The van der Waals surface area contributed by atoms with E-state index in [4.69, 9.17) is 34.8 Å². The highest BCUT2D eigenvalue weighted by Crippen LogP contribution is 2.43. The van der Waals surface area contributed by atoms with E-state index in [-0.39, 0.29) is 26.2 Å². The molecule has 0 spiro atoms. The lowest BCUT2D eigenvalue weighted by molar-refractivity contribution is -0.137. The van der Waals surface area contributed by atoms with E-state index in [1.807, 2.05) is 0 Å². The summed E-state index contributed by atoms with van der Waals surface area (Å²) in [5, 5.41) is 0.305. The highest BCUT2D eigenvalue weighted by Gasteiger charge is 2.34. The Kier molecular flexibility index (Phi) is 4.00. The van der Waals surface area contributed by atoms with Crippen molar-refractivity contribution in [3.63, 3.8) is 0 Å². The molecule has 0 bridgehead atoms. The Balaban J connectivity index is 2.76. The highest BCUT2D eigenvalue weighted by atomic mass is 35.5. The maximum absolute atomic E-state index is 13.0. The summed E-state index contributed by atoms with van der Waals surface area (Å²) in [6.07, 6.45) is -4.54. The summed E-state index contributed by atoms with van der Waals surface area (Å²) in [5.74, 6) is 0. The predicted octanol–water partition coefficient (Wildman–Crippen LogP) is 6.33. The van der Waals surface area contributed by atoms with Gasteiger partial charge in [-0.05, 0) is 29.8 Å². The molecule has 0 saturated heterocycles. The molecule has 2 rings (SSSR count). The number of benzene rings is 2. The van der Waals surface area contributed by atoms with Crippen LogP contribution < -0.4 is 0 Å². The molecular weight excluding hydrogens is 319 g/mol. The van der Waals surface area contributed by atoms with Gasteiger partial charge in [-0.2, -0.15) is 13.2 Å². The highest BCUT2D eigenvalue weighted by molar-refractivity contribution is 6.39. The number of rotatable bonds is 1. The second-order valence-corrected chi connectivity index (χ2v) is 5.04. The predicted molar refractivity (Wildman–Crippen MR) is 71.9 cm³/mol. The molecule has 0 aromatic heterocycles. The average molecular weight is 326 g/mol. The number of halogens is 6. The second kappa shape index (κ2) is 5.23. The van der Waals surface area contributed by atoms with Crippen molar-refractivity contribution in [1.82, 2.24) is 0 Å². The van der Waals surface area contributed by atoms with Crippen LogP contribution in [0.2, 0.25) is 15.1 Å². The van der Waals surface area contributed by atoms with Gasteiger partial charge >= 0.3 is 6.18 Å². The van der Waals surface area contributed by atoms with E-state index < -0.39 is 11.7 Å². The molecule has 0 fully saturated rings. The van der Waals surface area contributed by atoms with Crippen molar-refractivity contribution in [3.05, 3.63) is 57.0 Å². The van der Waals surface area contributed by atoms with Gasteiger partial charge in [0, 0.05) is 20.6 Å². The van der Waals surface area contributed by atoms with Crippen molar-refractivity contribution in [1.29, 1.82) is 0 Å². The smallest absolute Gasteiger partial charge is 0.166 e. The Morgan fingerprint density at radius 1 is 0.842 bits per heavy atom. The zero-order valence-electron chi connectivity index (χ0n) is 9.23. The molecule has 0 aliphatic carbocycles. The molecule has 0 N–H and O–H groups in total. The number of alkyl halides is 3. The van der Waals surface area contributed by atoms with E-state index >= 15 is 0 Å². The minimum absolute atomic E-state index is 0.000693. The third-order valence-corrected chi connectivity index (χ3v) is 3.38. The van der Waals surface area contributed by atoms with Gasteiger partial charge < -0.3 is 0 Å². The van der Waals surface area contributed by atoms with Crippen LogP contribution in [0.1, 0.15) is 5.56 Å². The van der Waals surface area contributed by atoms with E-state index in [9.17, 15) is 13.2 Å². The molecular formula is C13H6Cl3F3. The summed E-state index contributed by atoms with van der Waals surface area (Å²) >= 11 is 17.5. The summed E-state index contributed by atoms with van der Waals surface area (Å²) in [6.45, 7) is 0. The van der Waals surface area contributed by atoms with E-state index in [1.165, 1.54) is 24.3 Å². The first-order valence-electron chi connectivity index (χ1n) is 5.12. The lowest BCUT2D eigenvalue weighted by Gasteiger charge is -2.15. The molecule has 100 valence electrons. The Bertz CT molecular complexity index is 601. The van der Waals surface area contributed by atoms with Crippen LogP contribution in [0, 0.1) is 0 Å². The SMILES string of the molecule is FC(F)(F)c1cc(Cl)ccc1-c1c(Cl)cccc1Cl. The van der Waals surface area contributed by atoms with Crippen molar-refractivity contribution < 1.29 is 13.2 Å². The van der Waals surface area contributed by atoms with Crippen molar-refractivity contribution in [2.45, 2.75) is 6.18 Å². The van der Waals surface area contributed by atoms with Gasteiger partial charge in [0.25, 0.3) is 0 Å². The van der Waals surface area contributed by atoms with Crippen LogP contribution in [-0.2, 0) is 6.18 Å². The standard InChI is InChI=1S/C13H6Cl3F3/c14-7-4-5-8(9(6-7)13(17,18)19)12-10(15)2-1-3-11(12)16/h1-6H. The Hall–Kier alpha value is -0.900. The molecule has 0 aliphatic heterocycles. The zero-order chi connectivity index (χ0) is 14.2. The first kappa shape index (κ1) is 14.5. The minimum atomic E-state index is -4.54. The maximum atomic E-state index is 13.0. The van der Waals surface area contributed by atoms with Gasteiger partial charge in [-0.1, -0.05) is 46.9 Å². The van der Waals surface area contributed by atoms with E-state index in [0.717, 1.165) is 6.07 Å². The fourth-order valence-corrected chi connectivity index (χ4v) is 2.50. The van der Waals surface area contributed by atoms with Gasteiger partial charge in [0.2, 0.25) is 0 Å². The lowest BCUT2D eigenvalue weighted by atomic mass is 9.99. The topological polar surface area (TPSA) is 0 Å². The summed E-state index contributed by atoms with van der Waals surface area (Å²) in [7, 11) is 0. The van der Waals surface area contributed by atoms with Gasteiger partial charge in [-0.25, -0.2) is 0 Å². The molecule has 0 nitrogen and oxygen atoms in total. The lowest BCUT2D eigenvalue weighted by Crippen LogP contribution is -2.07. The zero-order valence-corrected chi connectivity index (χ0v) is 11.5. The molecule has 0 aliphatic rings. The maximum Gasteiger partial charge on any atom is 0.417 e. The molecule has 0 unspecified atom stereocenters. The van der Waals surface area contributed by atoms with Crippen molar-refractivity contribution in [2.24, 2.45) is 0 Å². The Morgan fingerprint density at radius 2 is 1.42 bits per heavy atom. The van der Waals surface area contributed by atoms with Gasteiger partial charge in [0.05, 0.1) is 5.56 Å². The average Bonchev–Trinajstić information content (AvgIpc) is 2.29. The first-order chi connectivity index (χ1) is 8.80. The van der Waals surface area contributed by atoms with Gasteiger partial charge in [-0.3, -0.25) is 0 Å². The molecule has 19 heavy (non-hydrogen) atoms. The molecule has 0 heterocycles. The van der Waals surface area contributed by atoms with Crippen LogP contribution in [0.3, 0.4) is 0 Å². The normalized spacial score (nSPS) is 11.7. The second-order valence-electron chi connectivity index (χ2n) is 3.78. The van der Waals surface area contributed by atoms with Crippen LogP contribution in [0.4, 0.5) is 13.2 Å². The monoisotopic (exact) mass is 324 g/mol. The van der Waals surface area contributed by atoms with Crippen LogP contribution in [-0.4, -0.2) is 0 Å². The Morgan fingerprint density at radius 3 is 1.95 bits per heavy atom. The molecule has 2 aromatic carbocycles. The summed E-state index contributed by atoms with van der Waals surface area (Å²) in [6, 6.07) is 8.02. The van der Waals surface area contributed by atoms with Gasteiger partial charge in [0.15, 0.2) is 0 Å². The van der Waals surface area contributed by atoms with Crippen LogP contribution in [0.5, 0.6) is 0 Å². The van der Waals surface area contributed by atoms with Crippen LogP contribution in [0.25, 0.3) is 11.1 Å². The third kappa shape index (κ3) is 2.99.